The van der Waals surface area contributed by atoms with E-state index in [1.807, 2.05) is 24.3 Å². The third-order valence-corrected chi connectivity index (χ3v) is 7.28. The van der Waals surface area contributed by atoms with Crippen LogP contribution in [0, 0.1) is 0 Å². The molecule has 0 aromatic heterocycles. The lowest BCUT2D eigenvalue weighted by Crippen LogP contribution is -2.66. The summed E-state index contributed by atoms with van der Waals surface area (Å²) in [6.07, 6.45) is 9.19. The van der Waals surface area contributed by atoms with Crippen molar-refractivity contribution in [2.75, 3.05) is 53.6 Å². The molecule has 35 heavy (non-hydrogen) atoms. The molecular weight excluding hydrogens is 440 g/mol. The summed E-state index contributed by atoms with van der Waals surface area (Å²) in [5.74, 6) is -0.895. The molecule has 1 aromatic rings. The highest BCUT2D eigenvalue weighted by molar-refractivity contribution is 5.95. The molecular formula is C28H40N4O3. The number of allylic oxidation sites excluding steroid dienone is 2. The highest BCUT2D eigenvalue weighted by Gasteiger charge is 2.46. The maximum atomic E-state index is 13.4. The Labute approximate surface area is 209 Å². The first kappa shape index (κ1) is 25.6. The number of methoxy groups -OCH3 is 1. The maximum Gasteiger partial charge on any atom is 0.251 e. The predicted molar refractivity (Wildman–Crippen MR) is 139 cm³/mol. The van der Waals surface area contributed by atoms with Crippen LogP contribution in [0.15, 0.2) is 59.3 Å². The first-order chi connectivity index (χ1) is 17.0. The van der Waals surface area contributed by atoms with E-state index in [1.54, 1.807) is 7.11 Å². The fourth-order valence-corrected chi connectivity index (χ4v) is 5.59. The van der Waals surface area contributed by atoms with Gasteiger partial charge in [0.2, 0.25) is 5.85 Å². The molecule has 1 saturated heterocycles. The molecule has 1 unspecified atom stereocenters. The Morgan fingerprint density at radius 3 is 2.74 bits per heavy atom. The van der Waals surface area contributed by atoms with Gasteiger partial charge >= 0.3 is 0 Å². The van der Waals surface area contributed by atoms with E-state index in [4.69, 9.17) is 9.47 Å². The van der Waals surface area contributed by atoms with Crippen LogP contribution < -0.4 is 10.6 Å². The number of fused-ring (bicyclic) bond motifs is 1. The highest BCUT2D eigenvalue weighted by Crippen LogP contribution is 2.35. The molecule has 0 spiro atoms. The third kappa shape index (κ3) is 5.54. The molecule has 3 aliphatic heterocycles. The monoisotopic (exact) mass is 480 g/mol. The molecule has 0 radical (unpaired) electrons. The largest absolute Gasteiger partial charge is 0.381 e. The molecule has 7 nitrogen and oxygen atoms in total. The first-order valence-electron chi connectivity index (χ1n) is 12.8. The Bertz CT molecular complexity index is 996. The van der Waals surface area contributed by atoms with E-state index < -0.39 is 5.85 Å². The number of hydrogen-bond acceptors (Lipinski definition) is 6. The van der Waals surface area contributed by atoms with Gasteiger partial charge in [-0.15, -0.1) is 0 Å². The normalized spacial score (nSPS) is 24.9. The number of hydrogen-bond donors (Lipinski definition) is 2. The summed E-state index contributed by atoms with van der Waals surface area (Å²) >= 11 is 0. The van der Waals surface area contributed by atoms with Gasteiger partial charge in [0, 0.05) is 69.4 Å². The van der Waals surface area contributed by atoms with Gasteiger partial charge in [0.1, 0.15) is 0 Å². The Kier molecular flexibility index (Phi) is 8.44. The van der Waals surface area contributed by atoms with Crippen LogP contribution in [0.25, 0.3) is 0 Å². The minimum atomic E-state index is -0.839. The van der Waals surface area contributed by atoms with Gasteiger partial charge in [0.15, 0.2) is 0 Å². The van der Waals surface area contributed by atoms with Gasteiger partial charge < -0.3 is 20.1 Å². The maximum absolute atomic E-state index is 13.4. The lowest BCUT2D eigenvalue weighted by atomic mass is 9.93. The number of carbonyl (C=O) groups excluding carboxylic acids is 1. The van der Waals surface area contributed by atoms with Gasteiger partial charge in [-0.3, -0.25) is 14.6 Å². The van der Waals surface area contributed by atoms with Crippen molar-refractivity contribution in [2.24, 2.45) is 0 Å². The Morgan fingerprint density at radius 2 is 2.00 bits per heavy atom. The number of ether oxygens (including phenoxy) is 2. The minimum Gasteiger partial charge on any atom is -0.381 e. The smallest absolute Gasteiger partial charge is 0.251 e. The van der Waals surface area contributed by atoms with E-state index in [1.165, 1.54) is 5.57 Å². The van der Waals surface area contributed by atoms with E-state index in [0.29, 0.717) is 12.6 Å². The lowest BCUT2D eigenvalue weighted by molar-refractivity contribution is -0.155. The number of dihydropyridines is 1. The molecule has 4 rings (SSSR count). The van der Waals surface area contributed by atoms with Crippen molar-refractivity contribution in [1.29, 1.82) is 0 Å². The van der Waals surface area contributed by atoms with E-state index >= 15 is 0 Å². The van der Waals surface area contributed by atoms with Crippen LogP contribution in [-0.2, 0) is 15.9 Å². The van der Waals surface area contributed by atoms with Crippen LogP contribution in [0.1, 0.15) is 42.6 Å². The van der Waals surface area contributed by atoms with Crippen molar-refractivity contribution in [3.05, 3.63) is 70.5 Å². The first-order valence-corrected chi connectivity index (χ1v) is 12.8. The Hall–Kier alpha value is -2.45. The van der Waals surface area contributed by atoms with Gasteiger partial charge in [0.25, 0.3) is 5.91 Å². The number of benzene rings is 1. The van der Waals surface area contributed by atoms with Crippen LogP contribution in [0.5, 0.6) is 0 Å². The average molecular weight is 481 g/mol. The van der Waals surface area contributed by atoms with Gasteiger partial charge in [-0.05, 0) is 56.5 Å². The van der Waals surface area contributed by atoms with E-state index in [0.717, 1.165) is 74.5 Å². The van der Waals surface area contributed by atoms with Crippen molar-refractivity contribution in [1.82, 2.24) is 20.4 Å². The van der Waals surface area contributed by atoms with Crippen LogP contribution in [0.3, 0.4) is 0 Å². The van der Waals surface area contributed by atoms with Crippen LogP contribution in [-0.4, -0.2) is 81.1 Å². The molecule has 1 aromatic carbocycles. The lowest BCUT2D eigenvalue weighted by Gasteiger charge is -2.51. The second-order valence-corrected chi connectivity index (χ2v) is 9.65. The fraction of sp³-hybridized carbons (Fsp3) is 0.536. The number of likely N-dealkylation sites (N-methyl/N-ethyl adjacent to an activating group) is 2. The van der Waals surface area contributed by atoms with Gasteiger partial charge in [-0.2, -0.15) is 0 Å². The fourth-order valence-electron chi connectivity index (χ4n) is 5.59. The van der Waals surface area contributed by atoms with Gasteiger partial charge in [0.05, 0.1) is 0 Å². The highest BCUT2D eigenvalue weighted by atomic mass is 16.5. The summed E-state index contributed by atoms with van der Waals surface area (Å²) in [5, 5.41) is 6.92. The second kappa shape index (κ2) is 11.5. The zero-order valence-corrected chi connectivity index (χ0v) is 21.6. The summed E-state index contributed by atoms with van der Waals surface area (Å²) in [4.78, 5) is 18.1. The standard InChI is InChI=1S/C28H40N4O3/c1-5-32(24-13-16-35-17-14-24)28(34-4)26-19-29-27(33)25-12-7-6-10-22(25)11-8-9-15-31(3)20-23(26)18-21(2)30-28/h6-10,12,18,24,30H,5,11,13-17,19-20H2,1-4H3,(H,29,33). The molecule has 1 fully saturated rings. The number of nitrogens with zero attached hydrogens (tertiary/aromatic N) is 2. The molecule has 0 saturated carbocycles. The number of carbonyl (C=O) groups is 1. The van der Waals surface area contributed by atoms with Crippen LogP contribution in [0.4, 0.5) is 0 Å². The topological polar surface area (TPSA) is 66.1 Å². The average Bonchev–Trinajstić information content (AvgIpc) is 2.87. The molecule has 1 amide bonds. The molecule has 1 atom stereocenters. The van der Waals surface area contributed by atoms with Gasteiger partial charge in [-0.25, -0.2) is 0 Å². The van der Waals surface area contributed by atoms with Crippen molar-refractivity contribution in [2.45, 2.75) is 45.0 Å². The van der Waals surface area contributed by atoms with Crippen molar-refractivity contribution >= 4 is 5.91 Å². The molecule has 0 aliphatic carbocycles. The molecule has 3 heterocycles. The molecule has 2 N–H and O–H groups in total. The second-order valence-electron chi connectivity index (χ2n) is 9.65. The van der Waals surface area contributed by atoms with Crippen molar-refractivity contribution in [3.8, 4) is 0 Å². The quantitative estimate of drug-likeness (QED) is 0.510. The Morgan fingerprint density at radius 1 is 1.23 bits per heavy atom. The zero-order chi connectivity index (χ0) is 24.8. The summed E-state index contributed by atoms with van der Waals surface area (Å²) < 4.78 is 12.1. The number of amides is 1. The summed E-state index contributed by atoms with van der Waals surface area (Å²) in [6.45, 7) is 8.58. The summed E-state index contributed by atoms with van der Waals surface area (Å²) in [5.41, 5.74) is 5.05. The van der Waals surface area contributed by atoms with E-state index in [2.05, 4.69) is 59.6 Å². The summed E-state index contributed by atoms with van der Waals surface area (Å²) in [7, 11) is 3.90. The number of rotatable bonds is 4. The summed E-state index contributed by atoms with van der Waals surface area (Å²) in [6, 6.07) is 8.18. The van der Waals surface area contributed by atoms with E-state index in [9.17, 15) is 4.79 Å². The number of nitrogens with one attached hydrogen (secondary N) is 2. The predicted octanol–water partition coefficient (Wildman–Crippen LogP) is 3.07. The minimum absolute atomic E-state index is 0.0566. The van der Waals surface area contributed by atoms with E-state index in [-0.39, 0.29) is 5.91 Å². The molecule has 3 aliphatic rings. The van der Waals surface area contributed by atoms with Crippen LogP contribution in [0.2, 0.25) is 0 Å². The molecule has 190 valence electrons. The van der Waals surface area contributed by atoms with Gasteiger partial charge in [-0.1, -0.05) is 37.3 Å². The zero-order valence-electron chi connectivity index (χ0n) is 21.6. The molecule has 7 heteroatoms. The Balaban J connectivity index is 1.78. The van der Waals surface area contributed by atoms with Crippen molar-refractivity contribution < 1.29 is 14.3 Å². The van der Waals surface area contributed by atoms with Crippen molar-refractivity contribution in [3.63, 3.8) is 0 Å². The SMILES string of the molecule is CCN(C1CCOCC1)C1(OC)NC(C)=CC2=C1CNC(=O)c1ccccc1CC=CCN(C)C2. The molecule has 0 bridgehead atoms. The van der Waals surface area contributed by atoms with Crippen LogP contribution >= 0.6 is 0 Å². The third-order valence-electron chi connectivity index (χ3n) is 7.28.